The molecule has 0 heterocycles. The molecule has 0 spiro atoms. The van der Waals surface area contributed by atoms with Gasteiger partial charge in [-0.25, -0.2) is 0 Å². The maximum atomic E-state index is 13.2. The van der Waals surface area contributed by atoms with E-state index < -0.39 is 22.7 Å². The van der Waals surface area contributed by atoms with Crippen LogP contribution in [0.2, 0.25) is 0 Å². The van der Waals surface area contributed by atoms with Crippen molar-refractivity contribution in [1.29, 1.82) is 0 Å². The van der Waals surface area contributed by atoms with Crippen LogP contribution in [0.5, 0.6) is 0 Å². The van der Waals surface area contributed by atoms with E-state index in [2.05, 4.69) is 20.8 Å². The lowest BCUT2D eigenvalue weighted by Gasteiger charge is -2.65. The first-order valence-corrected chi connectivity index (χ1v) is 13.3. The average Bonchev–Trinajstić information content (AvgIpc) is 3.06. The van der Waals surface area contributed by atoms with Crippen LogP contribution in [0.4, 0.5) is 0 Å². The third kappa shape index (κ3) is 2.84. The standard InChI is InChI=1S/C29H42O5/c1-16-13-19(14-23(30)17(16)2)18(3)20-9-12-28(33)22-15-25(32)29(34)10-6-7-24(31)27(29,5)21(22)8-11-26(20,28)4/h6-7,18-22,25,32-34H,8-15H2,1-5H3. The number of fused-ring (bicyclic) bond motifs is 5. The molecule has 0 aromatic carbocycles. The molecule has 3 saturated carbocycles. The number of Topliss-reactive ketones (excluding diaryl/α,β-unsaturated/α-hetero) is 1. The van der Waals surface area contributed by atoms with Gasteiger partial charge >= 0.3 is 0 Å². The van der Waals surface area contributed by atoms with Crippen molar-refractivity contribution in [2.75, 3.05) is 0 Å². The van der Waals surface area contributed by atoms with Gasteiger partial charge < -0.3 is 15.3 Å². The van der Waals surface area contributed by atoms with Crippen LogP contribution in [0.3, 0.4) is 0 Å². The largest absolute Gasteiger partial charge is 0.390 e. The number of hydrogen-bond donors (Lipinski definition) is 3. The van der Waals surface area contributed by atoms with Gasteiger partial charge in [0.2, 0.25) is 0 Å². The molecule has 0 aliphatic heterocycles. The van der Waals surface area contributed by atoms with Gasteiger partial charge in [-0.3, -0.25) is 9.59 Å². The summed E-state index contributed by atoms with van der Waals surface area (Å²) in [6, 6.07) is 0. The second-order valence-electron chi connectivity index (χ2n) is 12.9. The summed E-state index contributed by atoms with van der Waals surface area (Å²) in [5.74, 6) is 0.643. The summed E-state index contributed by atoms with van der Waals surface area (Å²) in [5.41, 5.74) is -1.76. The minimum absolute atomic E-state index is 0.122. The first-order chi connectivity index (χ1) is 15.8. The molecule has 0 saturated heterocycles. The second kappa shape index (κ2) is 7.60. The molecular weight excluding hydrogens is 428 g/mol. The van der Waals surface area contributed by atoms with Crippen molar-refractivity contribution in [2.24, 2.45) is 40.4 Å². The Bertz CT molecular complexity index is 981. The minimum atomic E-state index is -1.47. The average molecular weight is 471 g/mol. The zero-order chi connectivity index (χ0) is 24.8. The van der Waals surface area contributed by atoms with Gasteiger partial charge in [0.25, 0.3) is 0 Å². The Labute approximate surface area is 203 Å². The first kappa shape index (κ1) is 24.4. The summed E-state index contributed by atoms with van der Waals surface area (Å²) in [5, 5.41) is 35.2. The summed E-state index contributed by atoms with van der Waals surface area (Å²) < 4.78 is 0. The van der Waals surface area contributed by atoms with Crippen LogP contribution < -0.4 is 0 Å². The Balaban J connectivity index is 1.48. The van der Waals surface area contributed by atoms with Crippen molar-refractivity contribution in [3.63, 3.8) is 0 Å². The third-order valence-corrected chi connectivity index (χ3v) is 12.0. The van der Waals surface area contributed by atoms with Crippen LogP contribution in [0.1, 0.15) is 86.0 Å². The van der Waals surface area contributed by atoms with Gasteiger partial charge in [0.05, 0.1) is 17.1 Å². The van der Waals surface area contributed by atoms with Crippen LogP contribution >= 0.6 is 0 Å². The molecule has 5 rings (SSSR count). The lowest BCUT2D eigenvalue weighted by Crippen LogP contribution is -2.72. The molecule has 0 radical (unpaired) electrons. The Morgan fingerprint density at radius 1 is 1.00 bits per heavy atom. The van der Waals surface area contributed by atoms with Gasteiger partial charge in [-0.1, -0.05) is 25.5 Å². The molecular formula is C29H42O5. The van der Waals surface area contributed by atoms with Crippen LogP contribution in [0, 0.1) is 40.4 Å². The van der Waals surface area contributed by atoms with Gasteiger partial charge in [-0.05, 0) is 112 Å². The van der Waals surface area contributed by atoms with E-state index in [1.807, 2.05) is 13.8 Å². The van der Waals surface area contributed by atoms with Gasteiger partial charge in [0.1, 0.15) is 5.60 Å². The number of aliphatic hydroxyl groups excluding tert-OH is 1. The molecule has 0 amide bonds. The molecule has 5 aliphatic carbocycles. The summed E-state index contributed by atoms with van der Waals surface area (Å²) in [7, 11) is 0. The van der Waals surface area contributed by atoms with Crippen LogP contribution in [-0.2, 0) is 9.59 Å². The first-order valence-electron chi connectivity index (χ1n) is 13.3. The molecule has 10 unspecified atom stereocenters. The molecule has 188 valence electrons. The van der Waals surface area contributed by atoms with Crippen molar-refractivity contribution >= 4 is 11.6 Å². The predicted molar refractivity (Wildman–Crippen MR) is 130 cm³/mol. The van der Waals surface area contributed by atoms with E-state index in [9.17, 15) is 24.9 Å². The van der Waals surface area contributed by atoms with Gasteiger partial charge in [-0.2, -0.15) is 0 Å². The number of rotatable bonds is 2. The van der Waals surface area contributed by atoms with Gasteiger partial charge in [-0.15, -0.1) is 0 Å². The highest BCUT2D eigenvalue weighted by Crippen LogP contribution is 2.70. The molecule has 5 nitrogen and oxygen atoms in total. The van der Waals surface area contributed by atoms with Gasteiger partial charge in [0.15, 0.2) is 11.6 Å². The van der Waals surface area contributed by atoms with E-state index in [-0.39, 0.29) is 41.2 Å². The summed E-state index contributed by atoms with van der Waals surface area (Å²) >= 11 is 0. The maximum absolute atomic E-state index is 13.2. The molecule has 5 aliphatic rings. The second-order valence-corrected chi connectivity index (χ2v) is 12.9. The fourth-order valence-electron chi connectivity index (χ4n) is 9.51. The third-order valence-electron chi connectivity index (χ3n) is 12.0. The van der Waals surface area contributed by atoms with Crippen molar-refractivity contribution in [3.05, 3.63) is 23.3 Å². The van der Waals surface area contributed by atoms with E-state index in [1.54, 1.807) is 12.2 Å². The van der Waals surface area contributed by atoms with Crippen molar-refractivity contribution in [2.45, 2.75) is 103 Å². The predicted octanol–water partition coefficient (Wildman–Crippen LogP) is 4.14. The number of allylic oxidation sites excluding steroid dienone is 3. The highest BCUT2D eigenvalue weighted by molar-refractivity contribution is 5.97. The Kier molecular flexibility index (Phi) is 5.45. The fourth-order valence-corrected chi connectivity index (χ4v) is 9.51. The Morgan fingerprint density at radius 2 is 1.71 bits per heavy atom. The van der Waals surface area contributed by atoms with Crippen LogP contribution in [0.15, 0.2) is 23.3 Å². The number of ketones is 2. The number of hydrogen-bond acceptors (Lipinski definition) is 5. The van der Waals surface area contributed by atoms with Crippen molar-refractivity contribution < 1.29 is 24.9 Å². The Hall–Kier alpha value is -1.30. The lowest BCUT2D eigenvalue weighted by molar-refractivity contribution is -0.264. The number of carbonyl (C=O) groups excluding carboxylic acids is 2. The fraction of sp³-hybridized carbons (Fsp3) is 0.793. The monoisotopic (exact) mass is 470 g/mol. The van der Waals surface area contributed by atoms with Gasteiger partial charge in [0, 0.05) is 6.42 Å². The SMILES string of the molecule is CC1=C(C)C(=O)CC(C(C)C2CCC3(O)C4CC(O)C5(O)CC=CC(=O)C5(C)C4CCC23C)C1. The molecule has 0 aromatic heterocycles. The van der Waals surface area contributed by atoms with E-state index in [0.717, 1.165) is 31.3 Å². The molecule has 3 N–H and O–H groups in total. The summed E-state index contributed by atoms with van der Waals surface area (Å²) in [6.07, 6.45) is 7.46. The van der Waals surface area contributed by atoms with E-state index in [4.69, 9.17) is 0 Å². The minimum Gasteiger partial charge on any atom is -0.390 e. The van der Waals surface area contributed by atoms with Crippen LogP contribution in [-0.4, -0.2) is 44.2 Å². The van der Waals surface area contributed by atoms with Crippen LogP contribution in [0.25, 0.3) is 0 Å². The zero-order valence-electron chi connectivity index (χ0n) is 21.4. The Morgan fingerprint density at radius 3 is 2.38 bits per heavy atom. The van der Waals surface area contributed by atoms with E-state index >= 15 is 0 Å². The molecule has 10 atom stereocenters. The molecule has 0 aromatic rings. The summed E-state index contributed by atoms with van der Waals surface area (Å²) in [6.45, 7) is 10.3. The lowest BCUT2D eigenvalue weighted by atomic mass is 9.41. The van der Waals surface area contributed by atoms with E-state index in [0.29, 0.717) is 31.1 Å². The van der Waals surface area contributed by atoms with Crippen molar-refractivity contribution in [1.82, 2.24) is 0 Å². The maximum Gasteiger partial charge on any atom is 0.164 e. The highest BCUT2D eigenvalue weighted by atomic mass is 16.3. The quantitative estimate of drug-likeness (QED) is 0.564. The highest BCUT2D eigenvalue weighted by Gasteiger charge is 2.73. The molecule has 5 heteroatoms. The number of carbonyl (C=O) groups is 2. The molecule has 3 fully saturated rings. The summed E-state index contributed by atoms with van der Waals surface area (Å²) in [4.78, 5) is 25.8. The topological polar surface area (TPSA) is 94.8 Å². The smallest absolute Gasteiger partial charge is 0.164 e. The molecule has 0 bridgehead atoms. The van der Waals surface area contributed by atoms with E-state index in [1.165, 1.54) is 5.57 Å². The normalized spacial score (nSPS) is 51.7. The number of aliphatic hydroxyl groups is 3. The van der Waals surface area contributed by atoms with Crippen molar-refractivity contribution in [3.8, 4) is 0 Å². The zero-order valence-corrected chi connectivity index (χ0v) is 21.4. The molecule has 34 heavy (non-hydrogen) atoms.